The first kappa shape index (κ1) is 23.5. The first-order valence-corrected chi connectivity index (χ1v) is 10.8. The maximum Gasteiger partial charge on any atom is 0.343 e. The number of halogens is 2. The Bertz CT molecular complexity index is 1170. The van der Waals surface area contributed by atoms with Crippen molar-refractivity contribution < 1.29 is 19.1 Å². The molecule has 6 nitrogen and oxygen atoms in total. The summed E-state index contributed by atoms with van der Waals surface area (Å²) in [5.41, 5.74) is 4.32. The van der Waals surface area contributed by atoms with Crippen LogP contribution in [0.2, 0.25) is 5.02 Å². The van der Waals surface area contributed by atoms with E-state index in [0.717, 1.165) is 10.0 Å². The van der Waals surface area contributed by atoms with Crippen LogP contribution in [0, 0.1) is 6.92 Å². The Hall–Kier alpha value is -3.16. The molecule has 164 valence electrons. The highest BCUT2D eigenvalue weighted by Crippen LogP contribution is 2.23. The Balaban J connectivity index is 1.66. The minimum Gasteiger partial charge on any atom is -0.481 e. The molecular formula is C24H20BrClN2O4. The molecule has 0 saturated carbocycles. The van der Waals surface area contributed by atoms with Crippen LogP contribution >= 0.6 is 27.5 Å². The average molecular weight is 516 g/mol. The van der Waals surface area contributed by atoms with Crippen LogP contribution in [0.15, 0.2) is 76.3 Å². The summed E-state index contributed by atoms with van der Waals surface area (Å²) in [7, 11) is 0. The Morgan fingerprint density at radius 2 is 1.88 bits per heavy atom. The molecule has 0 radical (unpaired) electrons. The van der Waals surface area contributed by atoms with Crippen molar-refractivity contribution in [1.82, 2.24) is 5.43 Å². The van der Waals surface area contributed by atoms with Crippen LogP contribution < -0.4 is 14.9 Å². The monoisotopic (exact) mass is 514 g/mol. The smallest absolute Gasteiger partial charge is 0.343 e. The van der Waals surface area contributed by atoms with Gasteiger partial charge in [0, 0.05) is 15.1 Å². The molecule has 3 aromatic rings. The number of rotatable bonds is 7. The molecule has 0 unspecified atom stereocenters. The van der Waals surface area contributed by atoms with E-state index in [2.05, 4.69) is 26.5 Å². The molecule has 0 aliphatic rings. The van der Waals surface area contributed by atoms with Gasteiger partial charge in [0.25, 0.3) is 5.91 Å². The second-order valence-electron chi connectivity index (χ2n) is 6.89. The van der Waals surface area contributed by atoms with E-state index in [1.54, 1.807) is 67.6 Å². The molecule has 3 aromatic carbocycles. The number of hydrogen-bond acceptors (Lipinski definition) is 5. The number of carbonyl (C=O) groups is 2. The van der Waals surface area contributed by atoms with Gasteiger partial charge in [0.2, 0.25) is 0 Å². The molecule has 1 atom stereocenters. The van der Waals surface area contributed by atoms with Gasteiger partial charge in [-0.15, -0.1) is 0 Å². The molecule has 0 aromatic heterocycles. The van der Waals surface area contributed by atoms with E-state index in [0.29, 0.717) is 27.6 Å². The molecule has 1 N–H and O–H groups in total. The number of ether oxygens (including phenoxy) is 2. The molecule has 0 fully saturated rings. The zero-order valence-electron chi connectivity index (χ0n) is 17.3. The Morgan fingerprint density at radius 1 is 1.09 bits per heavy atom. The van der Waals surface area contributed by atoms with E-state index in [1.807, 2.05) is 13.0 Å². The number of amides is 1. The fraction of sp³-hybridized carbons (Fsp3) is 0.125. The summed E-state index contributed by atoms with van der Waals surface area (Å²) >= 11 is 9.31. The lowest BCUT2D eigenvalue weighted by molar-refractivity contribution is -0.127. The lowest BCUT2D eigenvalue weighted by atomic mass is 10.1. The predicted octanol–water partition coefficient (Wildman–Crippen LogP) is 5.55. The van der Waals surface area contributed by atoms with E-state index in [1.165, 1.54) is 6.21 Å². The lowest BCUT2D eigenvalue weighted by Gasteiger charge is -2.13. The SMILES string of the molecule is Cc1cccc(C(=O)Oc2ccc(Br)cc2/C=N\NC(=O)[C@H](C)Oc2cccc(Cl)c2)c1. The van der Waals surface area contributed by atoms with Crippen molar-refractivity contribution in [2.24, 2.45) is 5.10 Å². The van der Waals surface area contributed by atoms with Gasteiger partial charge in [-0.25, -0.2) is 10.2 Å². The normalized spacial score (nSPS) is 11.8. The van der Waals surface area contributed by atoms with Gasteiger partial charge in [-0.1, -0.05) is 51.3 Å². The van der Waals surface area contributed by atoms with Gasteiger partial charge >= 0.3 is 5.97 Å². The first-order valence-electron chi connectivity index (χ1n) is 9.65. The lowest BCUT2D eigenvalue weighted by Crippen LogP contribution is -2.33. The van der Waals surface area contributed by atoms with Crippen LogP contribution in [0.25, 0.3) is 0 Å². The number of benzene rings is 3. The summed E-state index contributed by atoms with van der Waals surface area (Å²) in [6.45, 7) is 3.49. The summed E-state index contributed by atoms with van der Waals surface area (Å²) in [4.78, 5) is 24.8. The highest BCUT2D eigenvalue weighted by molar-refractivity contribution is 9.10. The molecule has 0 heterocycles. The highest BCUT2D eigenvalue weighted by atomic mass is 79.9. The van der Waals surface area contributed by atoms with Gasteiger partial charge < -0.3 is 9.47 Å². The van der Waals surface area contributed by atoms with Crippen molar-refractivity contribution in [3.05, 3.63) is 92.9 Å². The van der Waals surface area contributed by atoms with Gasteiger partial charge in [-0.3, -0.25) is 4.79 Å². The van der Waals surface area contributed by atoms with E-state index in [4.69, 9.17) is 21.1 Å². The van der Waals surface area contributed by atoms with Gasteiger partial charge in [-0.05, 0) is 62.4 Å². The van der Waals surface area contributed by atoms with Crippen LogP contribution in [0.5, 0.6) is 11.5 Å². The van der Waals surface area contributed by atoms with Gasteiger partial charge in [0.05, 0.1) is 11.8 Å². The minimum atomic E-state index is -0.799. The van der Waals surface area contributed by atoms with Crippen LogP contribution in [-0.4, -0.2) is 24.2 Å². The number of carbonyl (C=O) groups excluding carboxylic acids is 2. The molecule has 0 spiro atoms. The molecule has 0 bridgehead atoms. The summed E-state index contributed by atoms with van der Waals surface area (Å²) in [5, 5.41) is 4.48. The number of nitrogens with one attached hydrogen (secondary N) is 1. The van der Waals surface area contributed by atoms with Gasteiger partial charge in [0.1, 0.15) is 11.5 Å². The van der Waals surface area contributed by atoms with Crippen molar-refractivity contribution in [3.8, 4) is 11.5 Å². The Morgan fingerprint density at radius 3 is 2.62 bits per heavy atom. The summed E-state index contributed by atoms with van der Waals surface area (Å²) < 4.78 is 11.9. The third-order valence-electron chi connectivity index (χ3n) is 4.28. The van der Waals surface area contributed by atoms with Crippen molar-refractivity contribution in [1.29, 1.82) is 0 Å². The van der Waals surface area contributed by atoms with Gasteiger partial charge in [0.15, 0.2) is 6.10 Å². The Labute approximate surface area is 199 Å². The number of hydrogen-bond donors (Lipinski definition) is 1. The number of aryl methyl sites for hydroxylation is 1. The minimum absolute atomic E-state index is 0.306. The van der Waals surface area contributed by atoms with Crippen molar-refractivity contribution in [2.45, 2.75) is 20.0 Å². The first-order chi connectivity index (χ1) is 15.3. The largest absolute Gasteiger partial charge is 0.481 e. The van der Waals surface area contributed by atoms with E-state index < -0.39 is 18.0 Å². The average Bonchev–Trinajstić information content (AvgIpc) is 2.75. The molecule has 8 heteroatoms. The second kappa shape index (κ2) is 10.9. The van der Waals surface area contributed by atoms with Crippen LogP contribution in [-0.2, 0) is 4.79 Å². The zero-order chi connectivity index (χ0) is 23.1. The molecule has 3 rings (SSSR count). The molecular weight excluding hydrogens is 496 g/mol. The van der Waals surface area contributed by atoms with Crippen LogP contribution in [0.4, 0.5) is 0 Å². The number of nitrogens with zero attached hydrogens (tertiary/aromatic N) is 1. The van der Waals surface area contributed by atoms with Crippen molar-refractivity contribution >= 4 is 45.6 Å². The van der Waals surface area contributed by atoms with E-state index in [-0.39, 0.29) is 0 Å². The zero-order valence-corrected chi connectivity index (χ0v) is 19.7. The van der Waals surface area contributed by atoms with Crippen molar-refractivity contribution in [2.75, 3.05) is 0 Å². The van der Waals surface area contributed by atoms with E-state index >= 15 is 0 Å². The molecule has 0 saturated heterocycles. The maximum absolute atomic E-state index is 12.5. The quantitative estimate of drug-likeness (QED) is 0.194. The second-order valence-corrected chi connectivity index (χ2v) is 8.24. The third-order valence-corrected chi connectivity index (χ3v) is 5.01. The summed E-state index contributed by atoms with van der Waals surface area (Å²) in [6, 6.07) is 19.0. The molecule has 0 aliphatic heterocycles. The maximum atomic E-state index is 12.5. The summed E-state index contributed by atoms with van der Waals surface area (Å²) in [6.07, 6.45) is 0.597. The van der Waals surface area contributed by atoms with Crippen LogP contribution in [0.1, 0.15) is 28.4 Å². The molecule has 1 amide bonds. The highest BCUT2D eigenvalue weighted by Gasteiger charge is 2.15. The standard InChI is InChI=1S/C24H20BrClN2O4/c1-15-5-3-6-17(11-15)24(30)32-22-10-9-19(25)12-18(22)14-27-28-23(29)16(2)31-21-8-4-7-20(26)13-21/h3-14,16H,1-2H3,(H,28,29)/b27-14-/t16-/m0/s1. The number of hydrazone groups is 1. The Kier molecular flexibility index (Phi) is 8.03. The fourth-order valence-corrected chi connectivity index (χ4v) is 3.26. The molecule has 0 aliphatic carbocycles. The van der Waals surface area contributed by atoms with E-state index in [9.17, 15) is 9.59 Å². The summed E-state index contributed by atoms with van der Waals surface area (Å²) in [5.74, 6) is -0.157. The third kappa shape index (κ3) is 6.67. The van der Waals surface area contributed by atoms with Crippen molar-refractivity contribution in [3.63, 3.8) is 0 Å². The predicted molar refractivity (Wildman–Crippen MR) is 128 cm³/mol. The van der Waals surface area contributed by atoms with Gasteiger partial charge in [-0.2, -0.15) is 5.10 Å². The van der Waals surface area contributed by atoms with Crippen LogP contribution in [0.3, 0.4) is 0 Å². The fourth-order valence-electron chi connectivity index (χ4n) is 2.70. The topological polar surface area (TPSA) is 77.0 Å². The molecule has 32 heavy (non-hydrogen) atoms. The number of esters is 1.